The number of carbonyl (C=O) groups excluding carboxylic acids is 1. The van der Waals surface area contributed by atoms with E-state index in [4.69, 9.17) is 15.2 Å². The van der Waals surface area contributed by atoms with Crippen LogP contribution in [0.25, 0.3) is 0 Å². The van der Waals surface area contributed by atoms with Gasteiger partial charge in [-0.2, -0.15) is 0 Å². The summed E-state index contributed by atoms with van der Waals surface area (Å²) in [5.41, 5.74) is 9.25. The van der Waals surface area contributed by atoms with Crippen molar-refractivity contribution in [1.29, 1.82) is 0 Å². The molecule has 3 aromatic carbocycles. The Bertz CT molecular complexity index is 1410. The second-order valence-electron chi connectivity index (χ2n) is 12.0. The minimum absolute atomic E-state index is 0.0254. The number of piperidine rings is 1. The third-order valence-electron chi connectivity index (χ3n) is 8.59. The summed E-state index contributed by atoms with van der Waals surface area (Å²) in [4.78, 5) is 12.9. The average Bonchev–Trinajstić information content (AvgIpc) is 3.05. The van der Waals surface area contributed by atoms with Gasteiger partial charge < -0.3 is 40.3 Å². The molecule has 8 N–H and O–H groups in total. The van der Waals surface area contributed by atoms with E-state index in [2.05, 4.69) is 17.4 Å². The van der Waals surface area contributed by atoms with E-state index in [1.165, 1.54) is 12.1 Å². The zero-order chi connectivity index (χ0) is 32.9. The van der Waals surface area contributed by atoms with Crippen LogP contribution in [-0.4, -0.2) is 70.0 Å². The second-order valence-corrected chi connectivity index (χ2v) is 12.0. The highest BCUT2D eigenvalue weighted by molar-refractivity contribution is 5.79. The zero-order valence-electron chi connectivity index (χ0n) is 26.4. The summed E-state index contributed by atoms with van der Waals surface area (Å²) in [6, 6.07) is 16.2. The number of ketones is 1. The fourth-order valence-corrected chi connectivity index (χ4v) is 6.08. The molecule has 1 fully saturated rings. The molecular formula is C36H48N2O8. The maximum atomic E-state index is 12.9. The number of aliphatic hydroxyl groups is 2. The van der Waals surface area contributed by atoms with Crippen molar-refractivity contribution in [3.05, 3.63) is 76.9 Å². The van der Waals surface area contributed by atoms with E-state index >= 15 is 0 Å². The lowest BCUT2D eigenvalue weighted by atomic mass is 9.85. The van der Waals surface area contributed by atoms with Crippen LogP contribution in [0.4, 0.5) is 0 Å². The van der Waals surface area contributed by atoms with Crippen LogP contribution in [0.15, 0.2) is 54.6 Å². The van der Waals surface area contributed by atoms with Crippen molar-refractivity contribution < 1.29 is 39.8 Å². The molecule has 0 spiro atoms. The van der Waals surface area contributed by atoms with E-state index in [1.807, 2.05) is 12.1 Å². The number of rotatable bonds is 18. The molecule has 250 valence electrons. The number of aliphatic hydroxyl groups excluding tert-OH is 2. The van der Waals surface area contributed by atoms with Gasteiger partial charge in [-0.25, -0.2) is 0 Å². The summed E-state index contributed by atoms with van der Waals surface area (Å²) >= 11 is 0. The van der Waals surface area contributed by atoms with Crippen LogP contribution in [0, 0.1) is 0 Å². The van der Waals surface area contributed by atoms with Gasteiger partial charge in [-0.05, 0) is 117 Å². The number of carbonyl (C=O) groups is 1. The van der Waals surface area contributed by atoms with Gasteiger partial charge in [-0.15, -0.1) is 0 Å². The molecule has 2 unspecified atom stereocenters. The van der Waals surface area contributed by atoms with E-state index in [0.29, 0.717) is 25.7 Å². The normalized spacial score (nSPS) is 14.9. The molecule has 1 saturated heterocycles. The first kappa shape index (κ1) is 35.0. The quantitative estimate of drug-likeness (QED) is 0.0791. The van der Waals surface area contributed by atoms with Gasteiger partial charge >= 0.3 is 0 Å². The number of phenolic OH excluding ortho intramolecular Hbond substituents is 3. The van der Waals surface area contributed by atoms with Gasteiger partial charge in [0.15, 0.2) is 23.0 Å². The molecule has 1 heterocycles. The zero-order valence-corrected chi connectivity index (χ0v) is 26.4. The Labute approximate surface area is 270 Å². The molecule has 3 aromatic rings. The third kappa shape index (κ3) is 10.3. The van der Waals surface area contributed by atoms with Crippen molar-refractivity contribution in [2.45, 2.75) is 82.3 Å². The predicted octanol–water partition coefficient (Wildman–Crippen LogP) is 4.21. The molecule has 46 heavy (non-hydrogen) atoms. The molecule has 0 radical (unpaired) electrons. The Morgan fingerprint density at radius 3 is 2.39 bits per heavy atom. The monoisotopic (exact) mass is 636 g/mol. The van der Waals surface area contributed by atoms with Crippen molar-refractivity contribution in [2.75, 3.05) is 26.4 Å². The maximum absolute atomic E-state index is 12.9. The minimum Gasteiger partial charge on any atom is -0.504 e. The van der Waals surface area contributed by atoms with E-state index in [9.17, 15) is 30.3 Å². The third-order valence-corrected chi connectivity index (χ3v) is 8.59. The van der Waals surface area contributed by atoms with Crippen LogP contribution >= 0.6 is 0 Å². The van der Waals surface area contributed by atoms with Gasteiger partial charge in [0, 0.05) is 19.4 Å². The SMILES string of the molecule is NCOc1cc(CCC(=O)CC(O)CC(CCc2ccccc2CCCO)c2cc(O)c(O)c(OC3CCNCC3)c2)ccc1O. The summed E-state index contributed by atoms with van der Waals surface area (Å²) in [5.74, 6) is -0.487. The molecule has 2 atom stereocenters. The number of Topliss-reactive ketones (excluding diaryl/α,β-unsaturated/α-hetero) is 1. The smallest absolute Gasteiger partial charge is 0.200 e. The van der Waals surface area contributed by atoms with Gasteiger partial charge in [0.05, 0.1) is 6.10 Å². The number of hydrogen-bond acceptors (Lipinski definition) is 10. The molecule has 0 bridgehead atoms. The highest BCUT2D eigenvalue weighted by Gasteiger charge is 2.24. The Morgan fingerprint density at radius 1 is 0.935 bits per heavy atom. The number of nitrogens with two attached hydrogens (primary N) is 1. The van der Waals surface area contributed by atoms with Crippen LogP contribution in [0.2, 0.25) is 0 Å². The summed E-state index contributed by atoms with van der Waals surface area (Å²) < 4.78 is 11.4. The van der Waals surface area contributed by atoms with Crippen molar-refractivity contribution in [2.24, 2.45) is 5.73 Å². The van der Waals surface area contributed by atoms with E-state index < -0.39 is 6.10 Å². The Hall–Kier alpha value is -3.83. The molecule has 4 rings (SSSR count). The van der Waals surface area contributed by atoms with Crippen LogP contribution in [0.1, 0.15) is 73.1 Å². The lowest BCUT2D eigenvalue weighted by molar-refractivity contribution is -0.121. The van der Waals surface area contributed by atoms with Gasteiger partial charge in [-0.1, -0.05) is 30.3 Å². The standard InChI is InChI=1S/C36H48N2O8/c37-23-45-34-18-24(8-12-32(34)42)7-11-29(40)22-30(41)19-27(10-9-26-5-2-1-4-25(26)6-3-17-39)28-20-33(43)36(44)35(21-28)46-31-13-15-38-16-14-31/h1-2,4-5,8,12,18,20-21,27,30-31,38-39,41-44H,3,6-7,9-11,13-17,19,22-23,37H2. The van der Waals surface area contributed by atoms with E-state index in [-0.39, 0.29) is 79.2 Å². The Kier molecular flexibility index (Phi) is 13.5. The fourth-order valence-electron chi connectivity index (χ4n) is 6.08. The number of phenols is 3. The van der Waals surface area contributed by atoms with Gasteiger partial charge in [-0.3, -0.25) is 10.5 Å². The molecule has 0 saturated carbocycles. The van der Waals surface area contributed by atoms with Crippen molar-refractivity contribution in [1.82, 2.24) is 5.32 Å². The summed E-state index contributed by atoms with van der Waals surface area (Å²) in [6.45, 7) is 1.65. The van der Waals surface area contributed by atoms with Crippen LogP contribution < -0.4 is 20.5 Å². The molecule has 0 aromatic heterocycles. The van der Waals surface area contributed by atoms with Crippen molar-refractivity contribution in [3.63, 3.8) is 0 Å². The molecule has 1 aliphatic heterocycles. The van der Waals surface area contributed by atoms with Gasteiger partial charge in [0.25, 0.3) is 0 Å². The van der Waals surface area contributed by atoms with Crippen molar-refractivity contribution in [3.8, 4) is 28.7 Å². The van der Waals surface area contributed by atoms with Crippen molar-refractivity contribution >= 4 is 5.78 Å². The summed E-state index contributed by atoms with van der Waals surface area (Å²) in [7, 11) is 0. The molecule has 10 nitrogen and oxygen atoms in total. The lowest BCUT2D eigenvalue weighted by Gasteiger charge is -2.26. The second kappa shape index (κ2) is 17.8. The van der Waals surface area contributed by atoms with Crippen LogP contribution in [-0.2, 0) is 24.1 Å². The maximum Gasteiger partial charge on any atom is 0.200 e. The predicted molar refractivity (Wildman–Crippen MR) is 176 cm³/mol. The lowest BCUT2D eigenvalue weighted by Crippen LogP contribution is -2.34. The number of hydrogen-bond donors (Lipinski definition) is 7. The minimum atomic E-state index is -0.928. The topological polar surface area (TPSA) is 175 Å². The molecule has 10 heteroatoms. The molecular weight excluding hydrogens is 588 g/mol. The van der Waals surface area contributed by atoms with E-state index in [0.717, 1.165) is 54.6 Å². The molecule has 0 amide bonds. The first-order valence-corrected chi connectivity index (χ1v) is 16.2. The Balaban J connectivity index is 1.48. The number of aryl methyl sites for hydroxylation is 3. The largest absolute Gasteiger partial charge is 0.504 e. The van der Waals surface area contributed by atoms with Gasteiger partial charge in [0.2, 0.25) is 5.75 Å². The van der Waals surface area contributed by atoms with Gasteiger partial charge in [0.1, 0.15) is 18.6 Å². The highest BCUT2D eigenvalue weighted by atomic mass is 16.5. The number of nitrogens with one attached hydrogen (secondary N) is 1. The summed E-state index contributed by atoms with van der Waals surface area (Å²) in [6.07, 6.45) is 4.14. The summed E-state index contributed by atoms with van der Waals surface area (Å²) in [5, 5.41) is 55.1. The van der Waals surface area contributed by atoms with E-state index in [1.54, 1.807) is 18.2 Å². The number of ether oxygens (including phenoxy) is 2. The highest BCUT2D eigenvalue weighted by Crippen LogP contribution is 2.42. The van der Waals surface area contributed by atoms with Crippen LogP contribution in [0.3, 0.4) is 0 Å². The molecule has 0 aliphatic carbocycles. The first-order valence-electron chi connectivity index (χ1n) is 16.2. The number of benzene rings is 3. The average molecular weight is 637 g/mol. The fraction of sp³-hybridized carbons (Fsp3) is 0.472. The first-order chi connectivity index (χ1) is 22.3. The van der Waals surface area contributed by atoms with Crippen LogP contribution in [0.5, 0.6) is 28.7 Å². The molecule has 1 aliphatic rings. The number of aromatic hydroxyl groups is 3. The Morgan fingerprint density at radius 2 is 1.67 bits per heavy atom.